The summed E-state index contributed by atoms with van der Waals surface area (Å²) in [6.45, 7) is 4.57. The third-order valence-corrected chi connectivity index (χ3v) is 7.44. The minimum absolute atomic E-state index is 0.0430. The minimum Gasteiger partial charge on any atom is -0.490 e. The SMILES string of the molecule is C[C@H]1Sc2ncccc2O[C@@H]1c1ccc(OC2CCN(C3CCC3)CC2)cc1. The van der Waals surface area contributed by atoms with Crippen molar-refractivity contribution in [2.45, 2.75) is 67.6 Å². The average Bonchev–Trinajstić information content (AvgIpc) is 2.68. The summed E-state index contributed by atoms with van der Waals surface area (Å²) in [6.07, 6.45) is 8.70. The Balaban J connectivity index is 1.19. The van der Waals surface area contributed by atoms with Gasteiger partial charge in [-0.2, -0.15) is 0 Å². The van der Waals surface area contributed by atoms with Crippen LogP contribution in [-0.2, 0) is 0 Å². The molecule has 5 rings (SSSR count). The van der Waals surface area contributed by atoms with E-state index in [1.165, 1.54) is 37.9 Å². The first-order valence-corrected chi connectivity index (χ1v) is 11.4. The van der Waals surface area contributed by atoms with Gasteiger partial charge in [-0.05, 0) is 62.4 Å². The Kier molecular flexibility index (Phi) is 5.20. The number of thioether (sulfide) groups is 1. The Bertz CT molecular complexity index is 801. The normalized spacial score (nSPS) is 26.2. The van der Waals surface area contributed by atoms with Crippen LogP contribution in [0.5, 0.6) is 11.5 Å². The van der Waals surface area contributed by atoms with Crippen LogP contribution in [-0.4, -0.2) is 40.4 Å². The van der Waals surface area contributed by atoms with Crippen LogP contribution in [0.3, 0.4) is 0 Å². The van der Waals surface area contributed by atoms with Gasteiger partial charge in [0.15, 0.2) is 5.75 Å². The first-order valence-electron chi connectivity index (χ1n) is 10.6. The Morgan fingerprint density at radius 1 is 1.07 bits per heavy atom. The molecule has 148 valence electrons. The van der Waals surface area contributed by atoms with Gasteiger partial charge in [0.2, 0.25) is 0 Å². The molecule has 5 heteroatoms. The van der Waals surface area contributed by atoms with Crippen molar-refractivity contribution in [3.63, 3.8) is 0 Å². The summed E-state index contributed by atoms with van der Waals surface area (Å²) in [6, 6.07) is 13.3. The number of hydrogen-bond donors (Lipinski definition) is 0. The molecule has 3 aliphatic rings. The van der Waals surface area contributed by atoms with Gasteiger partial charge in [0.25, 0.3) is 0 Å². The van der Waals surface area contributed by atoms with Crippen LogP contribution in [0, 0.1) is 0 Å². The molecule has 0 radical (unpaired) electrons. The quantitative estimate of drug-likeness (QED) is 0.719. The molecule has 1 aromatic heterocycles. The lowest BCUT2D eigenvalue weighted by Gasteiger charge is -2.41. The van der Waals surface area contributed by atoms with Crippen LogP contribution < -0.4 is 9.47 Å². The zero-order valence-corrected chi connectivity index (χ0v) is 17.2. The molecule has 4 nitrogen and oxygen atoms in total. The van der Waals surface area contributed by atoms with Crippen molar-refractivity contribution in [3.8, 4) is 11.5 Å². The van der Waals surface area contributed by atoms with Gasteiger partial charge < -0.3 is 14.4 Å². The number of aromatic nitrogens is 1. The molecule has 3 heterocycles. The maximum Gasteiger partial charge on any atom is 0.152 e. The van der Waals surface area contributed by atoms with E-state index in [2.05, 4.69) is 41.1 Å². The summed E-state index contributed by atoms with van der Waals surface area (Å²) in [4.78, 5) is 7.08. The molecule has 2 atom stereocenters. The maximum atomic E-state index is 6.28. The molecule has 1 aliphatic carbocycles. The number of piperidine rings is 1. The number of ether oxygens (including phenoxy) is 2. The predicted octanol–water partition coefficient (Wildman–Crippen LogP) is 5.09. The van der Waals surface area contributed by atoms with E-state index in [-0.39, 0.29) is 6.10 Å². The highest BCUT2D eigenvalue weighted by molar-refractivity contribution is 8.00. The molecule has 28 heavy (non-hydrogen) atoms. The molecule has 0 N–H and O–H groups in total. The van der Waals surface area contributed by atoms with Gasteiger partial charge in [0.1, 0.15) is 23.0 Å². The lowest BCUT2D eigenvalue weighted by atomic mass is 9.90. The maximum absolute atomic E-state index is 6.28. The molecule has 2 aromatic rings. The molecule has 0 amide bonds. The number of fused-ring (bicyclic) bond motifs is 1. The van der Waals surface area contributed by atoms with Crippen molar-refractivity contribution < 1.29 is 9.47 Å². The highest BCUT2D eigenvalue weighted by Gasteiger charge is 2.31. The van der Waals surface area contributed by atoms with Crippen LogP contribution in [0.1, 0.15) is 50.7 Å². The molecule has 1 saturated carbocycles. The number of likely N-dealkylation sites (tertiary alicyclic amines) is 1. The van der Waals surface area contributed by atoms with Crippen molar-refractivity contribution in [2.75, 3.05) is 13.1 Å². The second-order valence-corrected chi connectivity index (χ2v) is 9.54. The third-order valence-electron chi connectivity index (χ3n) is 6.29. The van der Waals surface area contributed by atoms with E-state index in [0.717, 1.165) is 35.4 Å². The summed E-state index contributed by atoms with van der Waals surface area (Å²) in [7, 11) is 0. The van der Waals surface area contributed by atoms with Crippen molar-refractivity contribution in [2.24, 2.45) is 0 Å². The Hall–Kier alpha value is -1.72. The highest BCUT2D eigenvalue weighted by Crippen LogP contribution is 2.43. The van der Waals surface area contributed by atoms with E-state index in [4.69, 9.17) is 9.47 Å². The average molecular weight is 397 g/mol. The molecule has 1 saturated heterocycles. The van der Waals surface area contributed by atoms with Crippen molar-refractivity contribution in [1.29, 1.82) is 0 Å². The van der Waals surface area contributed by atoms with E-state index in [1.54, 1.807) is 11.8 Å². The molecule has 1 aromatic carbocycles. The van der Waals surface area contributed by atoms with Gasteiger partial charge in [-0.25, -0.2) is 4.98 Å². The summed E-state index contributed by atoms with van der Waals surface area (Å²) in [5.74, 6) is 1.86. The molecular formula is C23H28N2O2S. The largest absolute Gasteiger partial charge is 0.490 e. The first kappa shape index (κ1) is 18.3. The molecule has 0 spiro atoms. The first-order chi connectivity index (χ1) is 13.8. The lowest BCUT2D eigenvalue weighted by Crippen LogP contribution is -2.46. The zero-order valence-electron chi connectivity index (χ0n) is 16.4. The van der Waals surface area contributed by atoms with Crippen molar-refractivity contribution in [1.82, 2.24) is 9.88 Å². The Morgan fingerprint density at radius 2 is 1.86 bits per heavy atom. The van der Waals surface area contributed by atoms with Crippen LogP contribution in [0.4, 0.5) is 0 Å². The van der Waals surface area contributed by atoms with E-state index >= 15 is 0 Å². The molecule has 2 aliphatic heterocycles. The molecular weight excluding hydrogens is 368 g/mol. The van der Waals surface area contributed by atoms with E-state index < -0.39 is 0 Å². The monoisotopic (exact) mass is 396 g/mol. The number of pyridine rings is 1. The summed E-state index contributed by atoms with van der Waals surface area (Å²) in [5, 5.41) is 1.31. The molecule has 0 unspecified atom stereocenters. The van der Waals surface area contributed by atoms with Crippen LogP contribution in [0.15, 0.2) is 47.6 Å². The summed E-state index contributed by atoms with van der Waals surface area (Å²) < 4.78 is 12.5. The smallest absolute Gasteiger partial charge is 0.152 e. The highest BCUT2D eigenvalue weighted by atomic mass is 32.2. The standard InChI is InChI=1S/C23H28N2O2S/c1-16-22(27-21-6-3-13-24-23(21)28-16)17-7-9-19(10-8-17)26-20-11-14-25(15-12-20)18-4-2-5-18/h3,6-10,13,16,18,20,22H,2,4-5,11-12,14-15H2,1H3/t16-,22+/m1/s1. The van der Waals surface area contributed by atoms with Gasteiger partial charge in [-0.1, -0.05) is 30.3 Å². The second kappa shape index (κ2) is 7.96. The predicted molar refractivity (Wildman–Crippen MR) is 112 cm³/mol. The van der Waals surface area contributed by atoms with Gasteiger partial charge in [-0.15, -0.1) is 0 Å². The fraction of sp³-hybridized carbons (Fsp3) is 0.522. The van der Waals surface area contributed by atoms with Gasteiger partial charge in [-0.3, -0.25) is 0 Å². The lowest BCUT2D eigenvalue weighted by molar-refractivity contribution is 0.0493. The fourth-order valence-corrected chi connectivity index (χ4v) is 5.45. The summed E-state index contributed by atoms with van der Waals surface area (Å²) >= 11 is 1.78. The number of hydrogen-bond acceptors (Lipinski definition) is 5. The second-order valence-electron chi connectivity index (χ2n) is 8.18. The fourth-order valence-electron chi connectivity index (χ4n) is 4.40. The summed E-state index contributed by atoms with van der Waals surface area (Å²) in [5.41, 5.74) is 1.20. The van der Waals surface area contributed by atoms with Gasteiger partial charge in [0.05, 0.1) is 0 Å². The minimum atomic E-state index is 0.0430. The zero-order chi connectivity index (χ0) is 18.9. The number of benzene rings is 1. The van der Waals surface area contributed by atoms with Crippen molar-refractivity contribution >= 4 is 11.8 Å². The van der Waals surface area contributed by atoms with Crippen LogP contribution >= 0.6 is 11.8 Å². The molecule has 0 bridgehead atoms. The van der Waals surface area contributed by atoms with Gasteiger partial charge in [0, 0.05) is 30.6 Å². The Morgan fingerprint density at radius 3 is 2.57 bits per heavy atom. The van der Waals surface area contributed by atoms with Crippen LogP contribution in [0.2, 0.25) is 0 Å². The molecule has 2 fully saturated rings. The number of rotatable bonds is 4. The van der Waals surface area contributed by atoms with Crippen molar-refractivity contribution in [3.05, 3.63) is 48.2 Å². The Labute approximate surface area is 171 Å². The topological polar surface area (TPSA) is 34.6 Å². The van der Waals surface area contributed by atoms with Crippen LogP contribution in [0.25, 0.3) is 0 Å². The van der Waals surface area contributed by atoms with E-state index in [0.29, 0.717) is 11.4 Å². The van der Waals surface area contributed by atoms with E-state index in [9.17, 15) is 0 Å². The van der Waals surface area contributed by atoms with Gasteiger partial charge >= 0.3 is 0 Å². The number of nitrogens with zero attached hydrogens (tertiary/aromatic N) is 2. The van der Waals surface area contributed by atoms with E-state index in [1.807, 2.05) is 18.3 Å². The third kappa shape index (κ3) is 3.74.